The molecule has 0 unspecified atom stereocenters. The van der Waals surface area contributed by atoms with Gasteiger partial charge in [-0.3, -0.25) is 14.4 Å². The van der Waals surface area contributed by atoms with Gasteiger partial charge in [-0.15, -0.1) is 0 Å². The van der Waals surface area contributed by atoms with Gasteiger partial charge in [-0.2, -0.15) is 0 Å². The Morgan fingerprint density at radius 1 is 0.849 bits per heavy atom. The lowest BCUT2D eigenvalue weighted by Crippen LogP contribution is -2.47. The lowest BCUT2D eigenvalue weighted by atomic mass is 9.97. The molecule has 1 fully saturated rings. The van der Waals surface area contributed by atoms with Gasteiger partial charge in [-0.05, 0) is 87.4 Å². The van der Waals surface area contributed by atoms with Crippen molar-refractivity contribution >= 4 is 23.6 Å². The minimum absolute atomic E-state index is 0.00584. The zero-order valence-electron chi connectivity index (χ0n) is 30.7. The van der Waals surface area contributed by atoms with Gasteiger partial charge in [0.1, 0.15) is 29.8 Å². The molecule has 11 heteroatoms. The Balaban J connectivity index is 1.17. The summed E-state index contributed by atoms with van der Waals surface area (Å²) in [5.74, 6) is 0.696. The number of aliphatic carboxylic acids is 2. The van der Waals surface area contributed by atoms with E-state index in [0.717, 1.165) is 74.7 Å². The summed E-state index contributed by atoms with van der Waals surface area (Å²) in [4.78, 5) is 40.0. The Morgan fingerprint density at radius 2 is 1.64 bits per heavy atom. The van der Waals surface area contributed by atoms with Gasteiger partial charge in [0, 0.05) is 56.6 Å². The molecule has 5 rings (SSSR count). The number of unbranched alkanes of at least 4 members (excludes halogenated alkanes) is 3. The van der Waals surface area contributed by atoms with Gasteiger partial charge in [0.25, 0.3) is 5.91 Å². The number of amides is 1. The molecule has 2 heterocycles. The molecule has 0 bridgehead atoms. The first-order valence-corrected chi connectivity index (χ1v) is 18.8. The van der Waals surface area contributed by atoms with Crippen LogP contribution in [-0.2, 0) is 31.9 Å². The number of hydrogen-bond donors (Lipinski definition) is 2. The minimum Gasteiger partial charge on any atom is -0.494 e. The maximum atomic E-state index is 13.7. The molecule has 2 aromatic carbocycles. The number of rotatable bonds is 20. The molecule has 0 radical (unpaired) electrons. The van der Waals surface area contributed by atoms with Crippen LogP contribution in [0.25, 0.3) is 5.76 Å². The fourth-order valence-corrected chi connectivity index (χ4v) is 6.59. The van der Waals surface area contributed by atoms with Crippen molar-refractivity contribution in [3.05, 3.63) is 101 Å². The number of carboxylic acids is 2. The van der Waals surface area contributed by atoms with Crippen molar-refractivity contribution < 1.29 is 43.5 Å². The zero-order chi connectivity index (χ0) is 37.4. The van der Waals surface area contributed by atoms with E-state index >= 15 is 0 Å². The van der Waals surface area contributed by atoms with Crippen molar-refractivity contribution in [2.45, 2.75) is 77.0 Å². The van der Waals surface area contributed by atoms with Crippen molar-refractivity contribution in [3.8, 4) is 11.5 Å². The highest BCUT2D eigenvalue weighted by Gasteiger charge is 2.23. The molecular weight excluding hydrogens is 676 g/mol. The van der Waals surface area contributed by atoms with Crippen LogP contribution in [-0.4, -0.2) is 84.3 Å². The standard InChI is InChI=1S/C42H52N2O9/c1-43-19-21-44(22-20-43)42(49)34-26-33(39-30-50-29-36(53-39)25-31-11-5-4-6-12-31)27-35(28-34)51-23-8-3-2-7-13-32-14-9-15-38(37(32)17-18-41(47)48)52-24-10-16-40(45)46/h4-5,9,11,14-15,26-30H,2-3,6-8,10,12-13,16-25H2,1H3,(H,45,46)(H,47,48). The molecule has 0 aromatic heterocycles. The summed E-state index contributed by atoms with van der Waals surface area (Å²) in [6.07, 6.45) is 17.3. The fourth-order valence-electron chi connectivity index (χ4n) is 6.59. The van der Waals surface area contributed by atoms with E-state index in [-0.39, 0.29) is 25.4 Å². The third-order valence-corrected chi connectivity index (χ3v) is 9.57. The number of likely N-dealkylation sites (N-methyl/N-ethyl adjacent to an activating group) is 1. The number of carbonyl (C=O) groups excluding carboxylic acids is 1. The number of nitrogens with zero attached hydrogens (tertiary/aromatic N) is 2. The smallest absolute Gasteiger partial charge is 0.303 e. The van der Waals surface area contributed by atoms with Crippen molar-refractivity contribution in [2.75, 3.05) is 46.4 Å². The summed E-state index contributed by atoms with van der Waals surface area (Å²) in [7, 11) is 2.06. The molecule has 1 saturated heterocycles. The van der Waals surface area contributed by atoms with Gasteiger partial charge < -0.3 is 39.0 Å². The molecular formula is C42H52N2O9. The number of aryl methyl sites for hydroxylation is 1. The van der Waals surface area contributed by atoms with Crippen LogP contribution in [0.2, 0.25) is 0 Å². The molecule has 53 heavy (non-hydrogen) atoms. The normalized spacial score (nSPS) is 15.8. The molecule has 2 N–H and O–H groups in total. The van der Waals surface area contributed by atoms with E-state index in [4.69, 9.17) is 24.1 Å². The number of ether oxygens (including phenoxy) is 4. The van der Waals surface area contributed by atoms with Crippen LogP contribution in [0.15, 0.2) is 78.5 Å². The van der Waals surface area contributed by atoms with E-state index in [9.17, 15) is 19.5 Å². The van der Waals surface area contributed by atoms with Gasteiger partial charge in [0.15, 0.2) is 5.76 Å². The van der Waals surface area contributed by atoms with Crippen LogP contribution in [0.3, 0.4) is 0 Å². The average molecular weight is 729 g/mol. The number of allylic oxidation sites excluding steroid dienone is 4. The van der Waals surface area contributed by atoms with Crippen LogP contribution in [0.4, 0.5) is 0 Å². The van der Waals surface area contributed by atoms with Crippen LogP contribution in [0, 0.1) is 0 Å². The topological polar surface area (TPSA) is 135 Å². The van der Waals surface area contributed by atoms with Gasteiger partial charge in [-0.1, -0.05) is 48.8 Å². The molecule has 2 aromatic rings. The molecule has 2 aliphatic heterocycles. The molecule has 0 spiro atoms. The third kappa shape index (κ3) is 12.6. The summed E-state index contributed by atoms with van der Waals surface area (Å²) < 4.78 is 24.1. The predicted octanol–water partition coefficient (Wildman–Crippen LogP) is 7.37. The monoisotopic (exact) mass is 728 g/mol. The lowest BCUT2D eigenvalue weighted by Gasteiger charge is -2.32. The highest BCUT2D eigenvalue weighted by atomic mass is 16.5. The second-order valence-electron chi connectivity index (χ2n) is 13.8. The average Bonchev–Trinajstić information content (AvgIpc) is 3.16. The van der Waals surface area contributed by atoms with E-state index < -0.39 is 11.9 Å². The molecule has 1 amide bonds. The number of piperazine rings is 1. The number of carboxylic acid groups (broad SMARTS) is 2. The Hall–Kier alpha value is -5.03. The fraction of sp³-hybridized carbons (Fsp3) is 0.452. The Kier molecular flexibility index (Phi) is 15.0. The first kappa shape index (κ1) is 39.2. The largest absolute Gasteiger partial charge is 0.494 e. The van der Waals surface area contributed by atoms with Crippen molar-refractivity contribution in [1.82, 2.24) is 9.80 Å². The maximum absolute atomic E-state index is 13.7. The van der Waals surface area contributed by atoms with Crippen LogP contribution >= 0.6 is 0 Å². The van der Waals surface area contributed by atoms with E-state index in [1.807, 2.05) is 41.3 Å². The first-order chi connectivity index (χ1) is 25.7. The van der Waals surface area contributed by atoms with Crippen molar-refractivity contribution in [3.63, 3.8) is 0 Å². The molecule has 3 aliphatic rings. The minimum atomic E-state index is -0.874. The molecule has 0 saturated carbocycles. The van der Waals surface area contributed by atoms with Gasteiger partial charge >= 0.3 is 11.9 Å². The molecule has 284 valence electrons. The van der Waals surface area contributed by atoms with Crippen molar-refractivity contribution in [1.29, 1.82) is 0 Å². The van der Waals surface area contributed by atoms with Crippen LogP contribution < -0.4 is 9.47 Å². The first-order valence-electron chi connectivity index (χ1n) is 18.8. The number of benzene rings is 2. The highest BCUT2D eigenvalue weighted by Crippen LogP contribution is 2.32. The lowest BCUT2D eigenvalue weighted by molar-refractivity contribution is -0.138. The highest BCUT2D eigenvalue weighted by molar-refractivity contribution is 5.95. The molecule has 0 atom stereocenters. The summed E-state index contributed by atoms with van der Waals surface area (Å²) in [5.41, 5.74) is 4.48. The van der Waals surface area contributed by atoms with E-state index in [2.05, 4.69) is 30.2 Å². The summed E-state index contributed by atoms with van der Waals surface area (Å²) >= 11 is 0. The quantitative estimate of drug-likeness (QED) is 0.133. The molecule has 1 aliphatic carbocycles. The summed E-state index contributed by atoms with van der Waals surface area (Å²) in [6, 6.07) is 11.3. The maximum Gasteiger partial charge on any atom is 0.303 e. The summed E-state index contributed by atoms with van der Waals surface area (Å²) in [6.45, 7) is 3.73. The Morgan fingerprint density at radius 3 is 2.42 bits per heavy atom. The molecule has 11 nitrogen and oxygen atoms in total. The predicted molar refractivity (Wildman–Crippen MR) is 202 cm³/mol. The SMILES string of the molecule is CN1CCN(C(=O)c2cc(OCCCCCCc3cccc(OCCCC(=O)O)c3CCC(=O)O)cc(C3=COC=C(CC4=CC=CCC4)O3)c2)CC1. The van der Waals surface area contributed by atoms with Crippen LogP contribution in [0.1, 0.15) is 91.3 Å². The van der Waals surface area contributed by atoms with E-state index in [1.54, 1.807) is 12.5 Å². The van der Waals surface area contributed by atoms with Gasteiger partial charge in [0.2, 0.25) is 0 Å². The zero-order valence-corrected chi connectivity index (χ0v) is 30.7. The van der Waals surface area contributed by atoms with E-state index in [0.29, 0.717) is 67.5 Å². The van der Waals surface area contributed by atoms with Gasteiger partial charge in [0.05, 0.1) is 13.2 Å². The Labute approximate surface area is 312 Å². The van der Waals surface area contributed by atoms with Crippen LogP contribution in [0.5, 0.6) is 11.5 Å². The van der Waals surface area contributed by atoms with Crippen molar-refractivity contribution in [2.24, 2.45) is 0 Å². The second kappa shape index (κ2) is 20.3. The van der Waals surface area contributed by atoms with Gasteiger partial charge in [-0.25, -0.2) is 0 Å². The number of hydrogen-bond acceptors (Lipinski definition) is 8. The summed E-state index contributed by atoms with van der Waals surface area (Å²) in [5, 5.41) is 18.2. The number of carbonyl (C=O) groups is 3. The Bertz CT molecular complexity index is 1700. The third-order valence-electron chi connectivity index (χ3n) is 9.57. The second-order valence-corrected chi connectivity index (χ2v) is 13.8. The van der Waals surface area contributed by atoms with E-state index in [1.165, 1.54) is 5.57 Å².